The molecule has 1 N–H and O–H groups in total. The van der Waals surface area contributed by atoms with Gasteiger partial charge in [0.2, 0.25) is 0 Å². The fourth-order valence-corrected chi connectivity index (χ4v) is 2.00. The highest BCUT2D eigenvalue weighted by molar-refractivity contribution is 9.10. The highest BCUT2D eigenvalue weighted by Crippen LogP contribution is 2.43. The van der Waals surface area contributed by atoms with Gasteiger partial charge < -0.3 is 5.11 Å². The Labute approximate surface area is 102 Å². The molecule has 1 heterocycles. The van der Waals surface area contributed by atoms with Crippen molar-refractivity contribution in [3.05, 3.63) is 28.5 Å². The number of pyridine rings is 1. The van der Waals surface area contributed by atoms with Crippen molar-refractivity contribution in [2.75, 3.05) is 0 Å². The van der Waals surface area contributed by atoms with Crippen LogP contribution in [0.15, 0.2) is 22.8 Å². The van der Waals surface area contributed by atoms with Gasteiger partial charge in [0.05, 0.1) is 5.69 Å². The lowest BCUT2D eigenvalue weighted by molar-refractivity contribution is -0.147. The van der Waals surface area contributed by atoms with Crippen LogP contribution >= 0.6 is 28.3 Å². The molecule has 0 atom stereocenters. The molecule has 1 aromatic heterocycles. The van der Waals surface area contributed by atoms with E-state index < -0.39 is 11.4 Å². The van der Waals surface area contributed by atoms with E-state index in [1.807, 2.05) is 6.07 Å². The number of hydrogen-bond acceptors (Lipinski definition) is 2. The summed E-state index contributed by atoms with van der Waals surface area (Å²) in [4.78, 5) is 15.3. The average molecular weight is 293 g/mol. The van der Waals surface area contributed by atoms with Crippen LogP contribution in [0.3, 0.4) is 0 Å². The van der Waals surface area contributed by atoms with E-state index >= 15 is 0 Å². The number of halogens is 2. The molecule has 0 aliphatic heterocycles. The minimum atomic E-state index is -0.751. The Balaban J connectivity index is 0.00000112. The number of aliphatic carboxylic acids is 1. The lowest BCUT2D eigenvalue weighted by Crippen LogP contribution is -2.42. The fourth-order valence-electron chi connectivity index (χ4n) is 1.77. The molecule has 0 saturated heterocycles. The molecule has 15 heavy (non-hydrogen) atoms. The summed E-state index contributed by atoms with van der Waals surface area (Å²) in [7, 11) is 0. The average Bonchev–Trinajstić information content (AvgIpc) is 2.05. The van der Waals surface area contributed by atoms with E-state index in [0.717, 1.165) is 10.9 Å². The summed E-state index contributed by atoms with van der Waals surface area (Å²) in [5.41, 5.74) is -0.0276. The third-order valence-corrected chi connectivity index (χ3v) is 3.30. The molecule has 5 heteroatoms. The van der Waals surface area contributed by atoms with Crippen molar-refractivity contribution in [1.82, 2.24) is 4.98 Å². The molecule has 1 fully saturated rings. The van der Waals surface area contributed by atoms with Gasteiger partial charge in [-0.3, -0.25) is 9.78 Å². The second-order valence-corrected chi connectivity index (χ2v) is 4.52. The molecule has 1 aliphatic rings. The lowest BCUT2D eigenvalue weighted by atomic mass is 9.66. The summed E-state index contributed by atoms with van der Waals surface area (Å²) >= 11 is 3.28. The number of carboxylic acid groups (broad SMARTS) is 1. The number of carbonyl (C=O) groups is 1. The maximum Gasteiger partial charge on any atom is 0.315 e. The Morgan fingerprint density at radius 1 is 1.47 bits per heavy atom. The van der Waals surface area contributed by atoms with E-state index in [9.17, 15) is 4.79 Å². The van der Waals surface area contributed by atoms with Gasteiger partial charge in [0.1, 0.15) is 5.41 Å². The maximum absolute atomic E-state index is 11.1. The van der Waals surface area contributed by atoms with Crippen molar-refractivity contribution in [1.29, 1.82) is 0 Å². The SMILES string of the molecule is Cl.O=C(O)C1(c2ccc(Br)cn2)CCC1. The topological polar surface area (TPSA) is 50.2 Å². The third kappa shape index (κ3) is 2.01. The highest BCUT2D eigenvalue weighted by Gasteiger charge is 2.47. The minimum Gasteiger partial charge on any atom is -0.481 e. The summed E-state index contributed by atoms with van der Waals surface area (Å²) < 4.78 is 0.876. The van der Waals surface area contributed by atoms with Crippen LogP contribution in [0.1, 0.15) is 25.0 Å². The molecule has 0 spiro atoms. The van der Waals surface area contributed by atoms with Gasteiger partial charge in [0, 0.05) is 10.7 Å². The van der Waals surface area contributed by atoms with Crippen molar-refractivity contribution in [3.8, 4) is 0 Å². The van der Waals surface area contributed by atoms with E-state index in [1.54, 1.807) is 12.3 Å². The Morgan fingerprint density at radius 2 is 2.13 bits per heavy atom. The Morgan fingerprint density at radius 3 is 2.47 bits per heavy atom. The lowest BCUT2D eigenvalue weighted by Gasteiger charge is -2.36. The smallest absolute Gasteiger partial charge is 0.315 e. The zero-order valence-electron chi connectivity index (χ0n) is 7.94. The molecule has 0 aromatic carbocycles. The maximum atomic E-state index is 11.1. The van der Waals surface area contributed by atoms with E-state index in [0.29, 0.717) is 18.5 Å². The van der Waals surface area contributed by atoms with Crippen molar-refractivity contribution in [3.63, 3.8) is 0 Å². The number of rotatable bonds is 2. The third-order valence-electron chi connectivity index (χ3n) is 2.83. The molecule has 0 radical (unpaired) electrons. The molecule has 1 aromatic rings. The number of aromatic nitrogens is 1. The molecule has 0 unspecified atom stereocenters. The summed E-state index contributed by atoms with van der Waals surface area (Å²) in [6.45, 7) is 0. The van der Waals surface area contributed by atoms with Gasteiger partial charge in [0.15, 0.2) is 0 Å². The van der Waals surface area contributed by atoms with Crippen LogP contribution in [0.2, 0.25) is 0 Å². The summed E-state index contributed by atoms with van der Waals surface area (Å²) in [6, 6.07) is 3.63. The van der Waals surface area contributed by atoms with Gasteiger partial charge in [-0.1, -0.05) is 6.42 Å². The van der Waals surface area contributed by atoms with E-state index in [1.165, 1.54) is 0 Å². The molecule has 1 saturated carbocycles. The number of nitrogens with zero attached hydrogens (tertiary/aromatic N) is 1. The molecule has 2 rings (SSSR count). The van der Waals surface area contributed by atoms with Crippen LogP contribution in [-0.4, -0.2) is 16.1 Å². The predicted molar refractivity (Wildman–Crippen MR) is 62.3 cm³/mol. The van der Waals surface area contributed by atoms with Crippen LogP contribution in [0.4, 0.5) is 0 Å². The van der Waals surface area contributed by atoms with Gasteiger partial charge in [-0.15, -0.1) is 12.4 Å². The quantitative estimate of drug-likeness (QED) is 0.912. The monoisotopic (exact) mass is 291 g/mol. The normalized spacial score (nSPS) is 17.4. The van der Waals surface area contributed by atoms with E-state index in [2.05, 4.69) is 20.9 Å². The van der Waals surface area contributed by atoms with Gasteiger partial charge in [-0.25, -0.2) is 0 Å². The van der Waals surface area contributed by atoms with Crippen LogP contribution in [0.25, 0.3) is 0 Å². The Hall–Kier alpha value is -0.610. The summed E-state index contributed by atoms with van der Waals surface area (Å²) in [5, 5.41) is 9.15. The number of hydrogen-bond donors (Lipinski definition) is 1. The van der Waals surface area contributed by atoms with Crippen LogP contribution in [0, 0.1) is 0 Å². The van der Waals surface area contributed by atoms with Crippen LogP contribution in [-0.2, 0) is 10.2 Å². The first-order valence-electron chi connectivity index (χ1n) is 4.50. The highest BCUT2D eigenvalue weighted by atomic mass is 79.9. The fraction of sp³-hybridized carbons (Fsp3) is 0.400. The first-order valence-corrected chi connectivity index (χ1v) is 5.30. The molecule has 3 nitrogen and oxygen atoms in total. The Bertz CT molecular complexity index is 362. The molecular formula is C10H11BrClNO2. The van der Waals surface area contributed by atoms with E-state index in [4.69, 9.17) is 5.11 Å². The number of carboxylic acids is 1. The van der Waals surface area contributed by atoms with Crippen molar-refractivity contribution in [2.45, 2.75) is 24.7 Å². The van der Waals surface area contributed by atoms with Gasteiger partial charge in [0.25, 0.3) is 0 Å². The summed E-state index contributed by atoms with van der Waals surface area (Å²) in [5.74, 6) is -0.751. The van der Waals surface area contributed by atoms with Crippen molar-refractivity contribution in [2.24, 2.45) is 0 Å². The second kappa shape index (κ2) is 4.49. The predicted octanol–water partition coefficient (Wildman–Crippen LogP) is 2.77. The standard InChI is InChI=1S/C10H10BrNO2.ClH/c11-7-2-3-8(12-6-7)10(9(13)14)4-1-5-10;/h2-3,6H,1,4-5H2,(H,13,14);1H. The zero-order valence-corrected chi connectivity index (χ0v) is 10.3. The second-order valence-electron chi connectivity index (χ2n) is 3.60. The van der Waals surface area contributed by atoms with Crippen molar-refractivity contribution < 1.29 is 9.90 Å². The van der Waals surface area contributed by atoms with E-state index in [-0.39, 0.29) is 12.4 Å². The largest absolute Gasteiger partial charge is 0.481 e. The minimum absolute atomic E-state index is 0. The molecule has 0 bridgehead atoms. The zero-order chi connectivity index (χ0) is 10.2. The Kier molecular flexibility index (Phi) is 3.73. The van der Waals surface area contributed by atoms with Gasteiger partial charge >= 0.3 is 5.97 Å². The van der Waals surface area contributed by atoms with Gasteiger partial charge in [-0.05, 0) is 40.9 Å². The first-order chi connectivity index (χ1) is 6.65. The molecule has 82 valence electrons. The first kappa shape index (κ1) is 12.5. The van der Waals surface area contributed by atoms with Crippen LogP contribution < -0.4 is 0 Å². The molecular weight excluding hydrogens is 281 g/mol. The van der Waals surface area contributed by atoms with Crippen LogP contribution in [0.5, 0.6) is 0 Å². The molecule has 1 aliphatic carbocycles. The van der Waals surface area contributed by atoms with Gasteiger partial charge in [-0.2, -0.15) is 0 Å². The summed E-state index contributed by atoms with van der Waals surface area (Å²) in [6.07, 6.45) is 4.04. The molecule has 0 amide bonds. The van der Waals surface area contributed by atoms with Crippen molar-refractivity contribution >= 4 is 34.3 Å².